The third-order valence-electron chi connectivity index (χ3n) is 11.3. The number of carbonyl (C=O) groups is 4. The summed E-state index contributed by atoms with van der Waals surface area (Å²) in [5.41, 5.74) is 1.27. The predicted molar refractivity (Wildman–Crippen MR) is 263 cm³/mol. The van der Waals surface area contributed by atoms with Gasteiger partial charge in [-0.05, 0) is 62.6 Å². The maximum Gasteiger partial charge on any atom is 0.475 e. The molecule has 0 radical (unpaired) electrons. The zero-order valence-corrected chi connectivity index (χ0v) is 41.1. The van der Waals surface area contributed by atoms with Gasteiger partial charge < -0.3 is 9.47 Å². The Morgan fingerprint density at radius 3 is 1.68 bits per heavy atom. The van der Waals surface area contributed by atoms with Crippen molar-refractivity contribution in [3.05, 3.63) is 108 Å². The van der Waals surface area contributed by atoms with Gasteiger partial charge in [0.2, 0.25) is 0 Å². The van der Waals surface area contributed by atoms with Gasteiger partial charge in [0.1, 0.15) is 6.61 Å². The lowest BCUT2D eigenvalue weighted by molar-refractivity contribution is -0.161. The molecule has 0 bridgehead atoms. The molecular formula is C54H80NO10P. The zero-order chi connectivity index (χ0) is 47.3. The number of amides is 2. The summed E-state index contributed by atoms with van der Waals surface area (Å²) in [6, 6.07) is 15.6. The minimum absolute atomic E-state index is 0.130. The molecule has 0 aliphatic carbocycles. The summed E-state index contributed by atoms with van der Waals surface area (Å²) in [5, 5.41) is 0. The third-order valence-corrected chi connectivity index (χ3v) is 12.7. The van der Waals surface area contributed by atoms with E-state index in [0.717, 1.165) is 75.5 Å². The Bertz CT molecular complexity index is 1760. The lowest BCUT2D eigenvalue weighted by Gasteiger charge is -2.23. The van der Waals surface area contributed by atoms with Gasteiger partial charge in [-0.1, -0.05) is 189 Å². The molecule has 1 heterocycles. The van der Waals surface area contributed by atoms with Crippen LogP contribution in [0.5, 0.6) is 0 Å². The minimum Gasteiger partial charge on any atom is -0.462 e. The maximum absolute atomic E-state index is 14.1. The van der Waals surface area contributed by atoms with Gasteiger partial charge in [-0.2, -0.15) is 0 Å². The molecule has 0 saturated carbocycles. The van der Waals surface area contributed by atoms with Gasteiger partial charge in [-0.25, -0.2) is 4.57 Å². The normalized spacial score (nSPS) is 14.1. The van der Waals surface area contributed by atoms with E-state index in [2.05, 4.69) is 50.3 Å². The Morgan fingerprint density at radius 1 is 0.576 bits per heavy atom. The van der Waals surface area contributed by atoms with E-state index in [0.29, 0.717) is 18.4 Å². The number of phosphoric acid groups is 1. The lowest BCUT2D eigenvalue weighted by atomic mass is 10.0. The molecule has 12 heteroatoms. The first-order valence-electron chi connectivity index (χ1n) is 25.1. The number of rotatable bonds is 40. The summed E-state index contributed by atoms with van der Waals surface area (Å²) < 4.78 is 42.7. The van der Waals surface area contributed by atoms with Gasteiger partial charge in [0.15, 0.2) is 6.10 Å². The Labute approximate surface area is 396 Å². The topological polar surface area (TPSA) is 135 Å². The van der Waals surface area contributed by atoms with Gasteiger partial charge in [0.05, 0.1) is 37.5 Å². The van der Waals surface area contributed by atoms with Gasteiger partial charge in [-0.15, -0.1) is 0 Å². The van der Waals surface area contributed by atoms with Gasteiger partial charge in [-0.3, -0.25) is 37.6 Å². The van der Waals surface area contributed by atoms with Crippen molar-refractivity contribution in [1.82, 2.24) is 4.90 Å². The number of ether oxygens (including phenoxy) is 2. The van der Waals surface area contributed by atoms with Crippen LogP contribution in [0.15, 0.2) is 91.1 Å². The van der Waals surface area contributed by atoms with E-state index in [1.807, 2.05) is 18.2 Å². The van der Waals surface area contributed by atoms with Crippen LogP contribution in [0.4, 0.5) is 0 Å². The average Bonchev–Trinajstić information content (AvgIpc) is 3.57. The largest absolute Gasteiger partial charge is 0.475 e. The van der Waals surface area contributed by atoms with Crippen LogP contribution in [-0.2, 0) is 43.8 Å². The molecule has 366 valence electrons. The van der Waals surface area contributed by atoms with Crippen LogP contribution in [0.25, 0.3) is 0 Å². The Kier molecular flexibility index (Phi) is 30.6. The van der Waals surface area contributed by atoms with Crippen LogP contribution in [0.3, 0.4) is 0 Å². The molecule has 1 aliphatic rings. The Hall–Kier alpha value is -4.15. The fourth-order valence-corrected chi connectivity index (χ4v) is 8.68. The minimum atomic E-state index is -4.39. The summed E-state index contributed by atoms with van der Waals surface area (Å²) in [6.45, 7) is 2.96. The standard InChI is InChI=1S/C54H80NO10P/c1-3-5-7-9-11-13-15-17-18-20-21-23-25-27-32-40-51(56)61-45-48(65-52(57)41-33-28-26-24-22-19-16-14-12-10-8-6-4-2)46-64-66(60,63-44-47-36-30-29-31-37-47)62-43-42-55-53(58)49-38-34-35-39-50(49)54(55)59/h5,7,11,13,17-18,29-31,34-39,48H,3-4,6,8-10,12,14-16,19-28,32-33,40-46H2,1-2H3/b7-5-,13-11-,18-17-/t48-,66?/m0/s1. The molecule has 2 atom stereocenters. The third kappa shape index (κ3) is 25.1. The van der Waals surface area contributed by atoms with Crippen LogP contribution in [0, 0.1) is 0 Å². The molecular weight excluding hydrogens is 854 g/mol. The zero-order valence-electron chi connectivity index (χ0n) is 40.2. The molecule has 0 fully saturated rings. The number of esters is 2. The number of imide groups is 1. The molecule has 0 N–H and O–H groups in total. The molecule has 1 aliphatic heterocycles. The van der Waals surface area contributed by atoms with E-state index in [1.165, 1.54) is 57.8 Å². The number of carbonyl (C=O) groups excluding carboxylic acids is 4. The summed E-state index contributed by atoms with van der Waals surface area (Å²) >= 11 is 0. The van der Waals surface area contributed by atoms with E-state index in [1.54, 1.807) is 36.4 Å². The molecule has 2 amide bonds. The van der Waals surface area contributed by atoms with E-state index >= 15 is 0 Å². The number of fused-ring (bicyclic) bond motifs is 1. The van der Waals surface area contributed by atoms with E-state index in [4.69, 9.17) is 23.0 Å². The molecule has 0 spiro atoms. The maximum atomic E-state index is 14.1. The van der Waals surface area contributed by atoms with E-state index in [-0.39, 0.29) is 50.3 Å². The summed E-state index contributed by atoms with van der Waals surface area (Å²) in [6.07, 6.45) is 36.7. The number of allylic oxidation sites excluding steroid dienone is 6. The number of hydrogen-bond acceptors (Lipinski definition) is 10. The predicted octanol–water partition coefficient (Wildman–Crippen LogP) is 14.2. The first-order valence-corrected chi connectivity index (χ1v) is 26.5. The number of phosphoric ester groups is 1. The second-order valence-corrected chi connectivity index (χ2v) is 18.7. The quantitative estimate of drug-likeness (QED) is 0.0209. The fraction of sp³-hybridized carbons (Fsp3) is 0.593. The van der Waals surface area contributed by atoms with Gasteiger partial charge in [0.25, 0.3) is 11.8 Å². The smallest absolute Gasteiger partial charge is 0.462 e. The summed E-state index contributed by atoms with van der Waals surface area (Å²) in [5.74, 6) is -1.85. The van der Waals surface area contributed by atoms with Crippen molar-refractivity contribution >= 4 is 31.6 Å². The SMILES string of the molecule is CC/C=C\C/C=C\C/C=C\CCCCCCCC(=O)OC[C@@H](COP(=O)(OCCN1C(=O)c2ccccc2C1=O)OCc1ccccc1)OC(=O)CCCCCCCCCCCCCCC. The van der Waals surface area contributed by atoms with Crippen LogP contribution in [0.1, 0.15) is 194 Å². The molecule has 11 nitrogen and oxygen atoms in total. The number of hydrogen-bond donors (Lipinski definition) is 0. The van der Waals surface area contributed by atoms with Crippen molar-refractivity contribution in [1.29, 1.82) is 0 Å². The van der Waals surface area contributed by atoms with Crippen LogP contribution in [-0.4, -0.2) is 61.1 Å². The number of unbranched alkanes of at least 4 members (excludes halogenated alkanes) is 17. The molecule has 2 aromatic carbocycles. The Balaban J connectivity index is 1.49. The highest BCUT2D eigenvalue weighted by Gasteiger charge is 2.36. The van der Waals surface area contributed by atoms with Crippen molar-refractivity contribution < 1.29 is 46.8 Å². The van der Waals surface area contributed by atoms with Crippen molar-refractivity contribution in [3.8, 4) is 0 Å². The van der Waals surface area contributed by atoms with Crippen LogP contribution < -0.4 is 0 Å². The number of nitrogens with zero attached hydrogens (tertiary/aromatic N) is 1. The molecule has 3 rings (SSSR count). The monoisotopic (exact) mass is 934 g/mol. The molecule has 1 unspecified atom stereocenters. The van der Waals surface area contributed by atoms with Crippen LogP contribution in [0.2, 0.25) is 0 Å². The molecule has 0 aromatic heterocycles. The van der Waals surface area contributed by atoms with Crippen molar-refractivity contribution in [2.45, 2.75) is 181 Å². The molecule has 0 saturated heterocycles. The van der Waals surface area contributed by atoms with Crippen molar-refractivity contribution in [2.24, 2.45) is 0 Å². The first kappa shape index (κ1) is 56.2. The van der Waals surface area contributed by atoms with Gasteiger partial charge in [0, 0.05) is 12.8 Å². The first-order chi connectivity index (χ1) is 32.3. The Morgan fingerprint density at radius 2 is 1.09 bits per heavy atom. The van der Waals surface area contributed by atoms with Crippen molar-refractivity contribution in [3.63, 3.8) is 0 Å². The van der Waals surface area contributed by atoms with Gasteiger partial charge >= 0.3 is 19.8 Å². The second kappa shape index (κ2) is 36.0. The lowest BCUT2D eigenvalue weighted by Crippen LogP contribution is -2.33. The van der Waals surface area contributed by atoms with E-state index in [9.17, 15) is 23.7 Å². The molecule has 66 heavy (non-hydrogen) atoms. The van der Waals surface area contributed by atoms with E-state index < -0.39 is 44.3 Å². The molecule has 2 aromatic rings. The average molecular weight is 934 g/mol. The van der Waals surface area contributed by atoms with Crippen molar-refractivity contribution in [2.75, 3.05) is 26.4 Å². The highest BCUT2D eigenvalue weighted by atomic mass is 31.2. The number of benzene rings is 2. The summed E-state index contributed by atoms with van der Waals surface area (Å²) in [7, 11) is -4.39. The summed E-state index contributed by atoms with van der Waals surface area (Å²) in [4.78, 5) is 52.9. The van der Waals surface area contributed by atoms with Crippen LogP contribution >= 0.6 is 7.82 Å². The second-order valence-electron chi connectivity index (χ2n) is 17.0. The highest BCUT2D eigenvalue weighted by molar-refractivity contribution is 7.48. The highest BCUT2D eigenvalue weighted by Crippen LogP contribution is 2.50. The fourth-order valence-electron chi connectivity index (χ4n) is 7.49.